The molecule has 0 radical (unpaired) electrons. The van der Waals surface area contributed by atoms with Crippen molar-refractivity contribution >= 4 is 11.8 Å². The van der Waals surface area contributed by atoms with Gasteiger partial charge >= 0.3 is 0 Å². The Bertz CT molecular complexity index is 281. The van der Waals surface area contributed by atoms with Crippen molar-refractivity contribution in [2.45, 2.75) is 13.0 Å². The molecule has 0 aliphatic carbocycles. The lowest BCUT2D eigenvalue weighted by molar-refractivity contribution is 0.203. The second-order valence-electron chi connectivity index (χ2n) is 2.96. The first kappa shape index (κ1) is 10.7. The average molecular weight is 198 g/mol. The zero-order chi connectivity index (χ0) is 10.6. The van der Waals surface area contributed by atoms with Crippen LogP contribution >= 0.6 is 0 Å². The van der Waals surface area contributed by atoms with Crippen LogP contribution in [0.2, 0.25) is 0 Å². The summed E-state index contributed by atoms with van der Waals surface area (Å²) in [5, 5.41) is 20.5. The van der Waals surface area contributed by atoms with Gasteiger partial charge in [-0.15, -0.1) is 0 Å². The predicted molar refractivity (Wildman–Crippen MR) is 52.8 cm³/mol. The fourth-order valence-corrected chi connectivity index (χ4v) is 1.02. The maximum atomic E-state index is 8.83. The molecular formula is C8H14N4O2. The molecule has 0 spiro atoms. The highest BCUT2D eigenvalue weighted by atomic mass is 16.3. The number of nitrogens with two attached hydrogens (primary N) is 1. The van der Waals surface area contributed by atoms with E-state index in [0.717, 1.165) is 5.69 Å². The van der Waals surface area contributed by atoms with E-state index >= 15 is 0 Å². The summed E-state index contributed by atoms with van der Waals surface area (Å²) in [4.78, 5) is 7.80. The maximum absolute atomic E-state index is 8.83. The highest BCUT2D eigenvalue weighted by Gasteiger charge is 2.06. The van der Waals surface area contributed by atoms with E-state index in [0.29, 0.717) is 5.82 Å². The maximum Gasteiger partial charge on any atom is 0.222 e. The van der Waals surface area contributed by atoms with Gasteiger partial charge in [-0.2, -0.15) is 4.98 Å². The van der Waals surface area contributed by atoms with Crippen LogP contribution in [0.5, 0.6) is 0 Å². The molecule has 14 heavy (non-hydrogen) atoms. The average Bonchev–Trinajstić information content (AvgIpc) is 2.12. The van der Waals surface area contributed by atoms with Crippen LogP contribution in [0.1, 0.15) is 5.69 Å². The van der Waals surface area contributed by atoms with Crippen LogP contribution in [-0.2, 0) is 0 Å². The van der Waals surface area contributed by atoms with E-state index in [1.807, 2.05) is 0 Å². The Morgan fingerprint density at radius 1 is 1.43 bits per heavy atom. The molecule has 0 saturated heterocycles. The molecule has 0 aliphatic rings. The SMILES string of the molecule is Cc1cc(NC(CO)CO)nc(N)n1. The molecule has 0 aliphatic heterocycles. The van der Waals surface area contributed by atoms with Gasteiger partial charge in [0.1, 0.15) is 5.82 Å². The lowest BCUT2D eigenvalue weighted by Crippen LogP contribution is -2.28. The highest BCUT2D eigenvalue weighted by Crippen LogP contribution is 2.08. The minimum Gasteiger partial charge on any atom is -0.394 e. The van der Waals surface area contributed by atoms with E-state index in [1.165, 1.54) is 0 Å². The van der Waals surface area contributed by atoms with Gasteiger partial charge < -0.3 is 21.3 Å². The molecule has 1 rings (SSSR count). The van der Waals surface area contributed by atoms with Crippen LogP contribution in [0.4, 0.5) is 11.8 Å². The van der Waals surface area contributed by atoms with Crippen LogP contribution < -0.4 is 11.1 Å². The minimum atomic E-state index is -0.427. The number of hydrogen-bond donors (Lipinski definition) is 4. The van der Waals surface area contributed by atoms with Crippen molar-refractivity contribution in [1.82, 2.24) is 9.97 Å². The summed E-state index contributed by atoms with van der Waals surface area (Å²) in [6, 6.07) is 1.26. The molecular weight excluding hydrogens is 184 g/mol. The van der Waals surface area contributed by atoms with E-state index < -0.39 is 6.04 Å². The number of nitrogens with zero attached hydrogens (tertiary/aromatic N) is 2. The largest absolute Gasteiger partial charge is 0.394 e. The van der Waals surface area contributed by atoms with Gasteiger partial charge in [0.05, 0.1) is 19.3 Å². The molecule has 0 atom stereocenters. The third-order valence-electron chi connectivity index (χ3n) is 1.66. The van der Waals surface area contributed by atoms with E-state index in [9.17, 15) is 0 Å². The Hall–Kier alpha value is -1.40. The summed E-state index contributed by atoms with van der Waals surface area (Å²) in [7, 11) is 0. The molecule has 6 nitrogen and oxygen atoms in total. The Balaban J connectivity index is 2.75. The number of hydrogen-bond acceptors (Lipinski definition) is 6. The number of aryl methyl sites for hydroxylation is 1. The van der Waals surface area contributed by atoms with Gasteiger partial charge in [0, 0.05) is 11.8 Å². The van der Waals surface area contributed by atoms with Gasteiger partial charge in [-0.05, 0) is 6.92 Å². The van der Waals surface area contributed by atoms with Crippen molar-refractivity contribution in [2.24, 2.45) is 0 Å². The monoisotopic (exact) mass is 198 g/mol. The molecule has 0 amide bonds. The first-order chi connectivity index (χ1) is 6.65. The lowest BCUT2D eigenvalue weighted by atomic mass is 10.3. The molecule has 1 heterocycles. The summed E-state index contributed by atoms with van der Waals surface area (Å²) in [6.07, 6.45) is 0. The van der Waals surface area contributed by atoms with Crippen molar-refractivity contribution in [1.29, 1.82) is 0 Å². The van der Waals surface area contributed by atoms with Crippen LogP contribution in [0.3, 0.4) is 0 Å². The second kappa shape index (κ2) is 4.73. The molecule has 0 unspecified atom stereocenters. The van der Waals surface area contributed by atoms with E-state index in [2.05, 4.69) is 15.3 Å². The minimum absolute atomic E-state index is 0.167. The lowest BCUT2D eigenvalue weighted by Gasteiger charge is -2.14. The van der Waals surface area contributed by atoms with E-state index in [-0.39, 0.29) is 19.2 Å². The number of nitrogens with one attached hydrogen (secondary N) is 1. The summed E-state index contributed by atoms with van der Waals surface area (Å²) in [5.41, 5.74) is 6.16. The molecule has 5 N–H and O–H groups in total. The third kappa shape index (κ3) is 2.82. The summed E-state index contributed by atoms with van der Waals surface area (Å²) < 4.78 is 0. The standard InChI is InChI=1S/C8H14N4O2/c1-5-2-7(12-8(9)10-5)11-6(3-13)4-14/h2,6,13-14H,3-4H2,1H3,(H3,9,10,11,12). The van der Waals surface area contributed by atoms with Crippen molar-refractivity contribution in [3.05, 3.63) is 11.8 Å². The second-order valence-corrected chi connectivity index (χ2v) is 2.96. The Labute approximate surface area is 81.8 Å². The number of aliphatic hydroxyl groups is 2. The van der Waals surface area contributed by atoms with Crippen LogP contribution in [-0.4, -0.2) is 39.4 Å². The van der Waals surface area contributed by atoms with Crippen LogP contribution in [0, 0.1) is 6.92 Å². The van der Waals surface area contributed by atoms with Gasteiger partial charge in [-0.25, -0.2) is 4.98 Å². The van der Waals surface area contributed by atoms with E-state index in [4.69, 9.17) is 15.9 Å². The number of anilines is 2. The molecule has 78 valence electrons. The molecule has 0 bridgehead atoms. The van der Waals surface area contributed by atoms with Gasteiger partial charge in [0.15, 0.2) is 0 Å². The Kier molecular flexibility index (Phi) is 3.61. The number of aromatic nitrogens is 2. The van der Waals surface area contributed by atoms with Crippen molar-refractivity contribution in [3.8, 4) is 0 Å². The fraction of sp³-hybridized carbons (Fsp3) is 0.500. The molecule has 1 aromatic rings. The molecule has 0 fully saturated rings. The quantitative estimate of drug-likeness (QED) is 0.501. The van der Waals surface area contributed by atoms with Crippen LogP contribution in [0.25, 0.3) is 0 Å². The van der Waals surface area contributed by atoms with Crippen LogP contribution in [0.15, 0.2) is 6.07 Å². The van der Waals surface area contributed by atoms with Crippen molar-refractivity contribution in [3.63, 3.8) is 0 Å². The predicted octanol–water partition coefficient (Wildman–Crippen LogP) is -0.868. The van der Waals surface area contributed by atoms with E-state index in [1.54, 1.807) is 13.0 Å². The molecule has 6 heteroatoms. The Morgan fingerprint density at radius 3 is 2.57 bits per heavy atom. The third-order valence-corrected chi connectivity index (χ3v) is 1.66. The highest BCUT2D eigenvalue weighted by molar-refractivity contribution is 5.41. The normalized spacial score (nSPS) is 10.6. The van der Waals surface area contributed by atoms with Gasteiger partial charge in [0.25, 0.3) is 0 Å². The van der Waals surface area contributed by atoms with Crippen molar-refractivity contribution < 1.29 is 10.2 Å². The summed E-state index contributed by atoms with van der Waals surface area (Å²) in [6.45, 7) is 1.45. The van der Waals surface area contributed by atoms with Gasteiger partial charge in [-0.3, -0.25) is 0 Å². The Morgan fingerprint density at radius 2 is 2.07 bits per heavy atom. The first-order valence-corrected chi connectivity index (χ1v) is 4.25. The van der Waals surface area contributed by atoms with Crippen molar-refractivity contribution in [2.75, 3.05) is 24.3 Å². The van der Waals surface area contributed by atoms with Gasteiger partial charge in [0.2, 0.25) is 5.95 Å². The zero-order valence-corrected chi connectivity index (χ0v) is 7.94. The topological polar surface area (TPSA) is 104 Å². The molecule has 0 saturated carbocycles. The summed E-state index contributed by atoms with van der Waals surface area (Å²) in [5.74, 6) is 0.672. The molecule has 1 aromatic heterocycles. The first-order valence-electron chi connectivity index (χ1n) is 4.25. The number of aliphatic hydroxyl groups excluding tert-OH is 2. The zero-order valence-electron chi connectivity index (χ0n) is 7.94. The number of rotatable bonds is 4. The summed E-state index contributed by atoms with van der Waals surface area (Å²) >= 11 is 0. The van der Waals surface area contributed by atoms with Gasteiger partial charge in [-0.1, -0.05) is 0 Å². The number of nitrogen functional groups attached to an aromatic ring is 1. The smallest absolute Gasteiger partial charge is 0.222 e. The fourth-order valence-electron chi connectivity index (χ4n) is 1.02. The molecule has 0 aromatic carbocycles.